The molecule has 2 nitrogen and oxygen atoms in total. The molecule has 0 saturated carbocycles. The van der Waals surface area contributed by atoms with Crippen LogP contribution in [0.5, 0.6) is 0 Å². The number of nitrogens with one attached hydrogen (secondary N) is 1. The number of halogens is 2. The molecule has 0 amide bonds. The Bertz CT molecular complexity index is 346. The first kappa shape index (κ1) is 10.6. The van der Waals surface area contributed by atoms with E-state index in [-0.39, 0.29) is 10.6 Å². The number of pyridine rings is 1. The predicted octanol–water partition coefficient (Wildman–Crippen LogP) is 3.02. The summed E-state index contributed by atoms with van der Waals surface area (Å²) >= 11 is 11.7. The molecule has 0 aromatic carbocycles. The van der Waals surface area contributed by atoms with E-state index in [2.05, 4.69) is 11.9 Å². The molecule has 0 saturated heterocycles. The van der Waals surface area contributed by atoms with Crippen LogP contribution >= 0.6 is 23.2 Å². The van der Waals surface area contributed by atoms with Crippen LogP contribution in [0.4, 0.5) is 0 Å². The highest BCUT2D eigenvalue weighted by molar-refractivity contribution is 6.35. The molecule has 1 aromatic rings. The number of aromatic amines is 1. The molecule has 72 valence electrons. The fraction of sp³-hybridized carbons (Fsp3) is 0.444. The maximum Gasteiger partial charge on any atom is 0.267 e. The van der Waals surface area contributed by atoms with Crippen LogP contribution in [0.15, 0.2) is 11.0 Å². The van der Waals surface area contributed by atoms with Gasteiger partial charge in [-0.1, -0.05) is 36.5 Å². The molecular weight excluding hydrogens is 209 g/mol. The summed E-state index contributed by atoms with van der Waals surface area (Å²) in [5.41, 5.74) is 0.492. The van der Waals surface area contributed by atoms with E-state index in [4.69, 9.17) is 23.2 Å². The van der Waals surface area contributed by atoms with Crippen LogP contribution in [0, 0.1) is 0 Å². The van der Waals surface area contributed by atoms with Crippen molar-refractivity contribution in [2.45, 2.75) is 26.2 Å². The summed E-state index contributed by atoms with van der Waals surface area (Å²) in [5.74, 6) is 0. The summed E-state index contributed by atoms with van der Waals surface area (Å²) in [6.45, 7) is 2.08. The molecule has 0 aliphatic heterocycles. The molecule has 0 atom stereocenters. The van der Waals surface area contributed by atoms with Crippen molar-refractivity contribution < 1.29 is 0 Å². The fourth-order valence-electron chi connectivity index (χ4n) is 1.10. The number of hydrogen-bond acceptors (Lipinski definition) is 1. The van der Waals surface area contributed by atoms with E-state index < -0.39 is 0 Å². The summed E-state index contributed by atoms with van der Waals surface area (Å²) < 4.78 is 0. The van der Waals surface area contributed by atoms with Crippen molar-refractivity contribution in [3.05, 3.63) is 32.2 Å². The molecule has 13 heavy (non-hydrogen) atoms. The van der Waals surface area contributed by atoms with Gasteiger partial charge in [0.1, 0.15) is 5.02 Å². The molecular formula is C9H11Cl2NO. The summed E-state index contributed by atoms with van der Waals surface area (Å²) in [7, 11) is 0. The summed E-state index contributed by atoms with van der Waals surface area (Å²) in [6.07, 6.45) is 4.29. The third-order valence-corrected chi connectivity index (χ3v) is 2.60. The van der Waals surface area contributed by atoms with Crippen LogP contribution in [-0.4, -0.2) is 4.98 Å². The lowest BCUT2D eigenvalue weighted by Gasteiger charge is -2.04. The topological polar surface area (TPSA) is 32.9 Å². The Kier molecular flexibility index (Phi) is 3.82. The van der Waals surface area contributed by atoms with Crippen molar-refractivity contribution in [2.75, 3.05) is 0 Å². The van der Waals surface area contributed by atoms with Gasteiger partial charge in [-0.05, 0) is 18.4 Å². The zero-order valence-electron chi connectivity index (χ0n) is 7.36. The smallest absolute Gasteiger partial charge is 0.267 e. The predicted molar refractivity (Wildman–Crippen MR) is 55.7 cm³/mol. The Morgan fingerprint density at radius 3 is 2.77 bits per heavy atom. The van der Waals surface area contributed by atoms with Gasteiger partial charge in [0.05, 0.1) is 5.02 Å². The Balaban J connectivity index is 3.03. The van der Waals surface area contributed by atoms with E-state index >= 15 is 0 Å². The molecule has 1 N–H and O–H groups in total. The first-order valence-corrected chi connectivity index (χ1v) is 4.98. The lowest BCUT2D eigenvalue weighted by atomic mass is 10.1. The zero-order chi connectivity index (χ0) is 9.84. The third-order valence-electron chi connectivity index (χ3n) is 1.86. The average Bonchev–Trinajstić information content (AvgIpc) is 2.12. The van der Waals surface area contributed by atoms with Crippen molar-refractivity contribution in [2.24, 2.45) is 0 Å². The molecule has 0 aliphatic carbocycles. The van der Waals surface area contributed by atoms with Crippen LogP contribution in [0.1, 0.15) is 25.3 Å². The number of unbranched alkanes of at least 4 members (excludes halogenated alkanes) is 1. The van der Waals surface area contributed by atoms with Gasteiger partial charge in [0.15, 0.2) is 0 Å². The Hall–Kier alpha value is -0.470. The number of H-pyrrole nitrogens is 1. The van der Waals surface area contributed by atoms with Gasteiger partial charge in [-0.2, -0.15) is 0 Å². The number of aromatic nitrogens is 1. The van der Waals surface area contributed by atoms with Gasteiger partial charge in [-0.25, -0.2) is 0 Å². The molecule has 1 aromatic heterocycles. The van der Waals surface area contributed by atoms with Crippen molar-refractivity contribution in [3.63, 3.8) is 0 Å². The second-order valence-corrected chi connectivity index (χ2v) is 3.65. The Morgan fingerprint density at radius 2 is 2.15 bits per heavy atom. The standard InChI is InChI=1S/C9H11Cl2NO/c1-2-3-4-6-7(10)5-12-9(13)8(6)11/h5H,2-4H2,1H3,(H,12,13). The van der Waals surface area contributed by atoms with E-state index in [0.717, 1.165) is 24.8 Å². The summed E-state index contributed by atoms with van der Waals surface area (Å²) in [4.78, 5) is 13.6. The molecule has 4 heteroatoms. The molecule has 1 rings (SSSR count). The van der Waals surface area contributed by atoms with Gasteiger partial charge >= 0.3 is 0 Å². The number of hydrogen-bond donors (Lipinski definition) is 1. The molecule has 0 fully saturated rings. The highest BCUT2D eigenvalue weighted by atomic mass is 35.5. The quantitative estimate of drug-likeness (QED) is 0.834. The van der Waals surface area contributed by atoms with E-state index in [1.807, 2.05) is 0 Å². The third kappa shape index (κ3) is 2.48. The van der Waals surface area contributed by atoms with Crippen molar-refractivity contribution in [1.29, 1.82) is 0 Å². The first-order chi connectivity index (χ1) is 6.16. The second-order valence-electron chi connectivity index (χ2n) is 2.86. The van der Waals surface area contributed by atoms with Crippen LogP contribution in [0.3, 0.4) is 0 Å². The molecule has 0 spiro atoms. The van der Waals surface area contributed by atoms with Crippen LogP contribution in [0.2, 0.25) is 10.0 Å². The normalized spacial score (nSPS) is 10.4. The number of rotatable bonds is 3. The van der Waals surface area contributed by atoms with Gasteiger partial charge in [0, 0.05) is 6.20 Å². The lowest BCUT2D eigenvalue weighted by molar-refractivity contribution is 0.793. The molecule has 0 unspecified atom stereocenters. The minimum absolute atomic E-state index is 0.223. The van der Waals surface area contributed by atoms with Gasteiger partial charge in [0.25, 0.3) is 5.56 Å². The highest BCUT2D eigenvalue weighted by Gasteiger charge is 2.08. The molecule has 0 aliphatic rings. The maximum absolute atomic E-state index is 11.1. The highest BCUT2D eigenvalue weighted by Crippen LogP contribution is 2.21. The van der Waals surface area contributed by atoms with Crippen molar-refractivity contribution >= 4 is 23.2 Å². The minimum atomic E-state index is -0.267. The van der Waals surface area contributed by atoms with Crippen LogP contribution < -0.4 is 5.56 Å². The SMILES string of the molecule is CCCCc1c(Cl)c[nH]c(=O)c1Cl. The molecule has 0 radical (unpaired) electrons. The van der Waals surface area contributed by atoms with Crippen LogP contribution in [0.25, 0.3) is 0 Å². The van der Waals surface area contributed by atoms with Gasteiger partial charge in [-0.15, -0.1) is 0 Å². The fourth-order valence-corrected chi connectivity index (χ4v) is 1.65. The zero-order valence-corrected chi connectivity index (χ0v) is 8.87. The van der Waals surface area contributed by atoms with E-state index in [9.17, 15) is 4.79 Å². The largest absolute Gasteiger partial charge is 0.326 e. The summed E-state index contributed by atoms with van der Waals surface area (Å²) in [5, 5.41) is 0.763. The Morgan fingerprint density at radius 1 is 1.46 bits per heavy atom. The van der Waals surface area contributed by atoms with Gasteiger partial charge in [-0.3, -0.25) is 4.79 Å². The second kappa shape index (κ2) is 4.68. The van der Waals surface area contributed by atoms with Crippen molar-refractivity contribution in [1.82, 2.24) is 4.98 Å². The van der Waals surface area contributed by atoms with E-state index in [1.54, 1.807) is 0 Å². The molecule has 1 heterocycles. The van der Waals surface area contributed by atoms with E-state index in [0.29, 0.717) is 5.02 Å². The monoisotopic (exact) mass is 219 g/mol. The first-order valence-electron chi connectivity index (χ1n) is 4.22. The van der Waals surface area contributed by atoms with E-state index in [1.165, 1.54) is 6.20 Å². The molecule has 0 bridgehead atoms. The average molecular weight is 220 g/mol. The maximum atomic E-state index is 11.1. The minimum Gasteiger partial charge on any atom is -0.326 e. The van der Waals surface area contributed by atoms with Gasteiger partial charge in [0.2, 0.25) is 0 Å². The van der Waals surface area contributed by atoms with Crippen LogP contribution in [-0.2, 0) is 6.42 Å². The van der Waals surface area contributed by atoms with Gasteiger partial charge < -0.3 is 4.98 Å². The Labute approximate surface area is 86.9 Å². The summed E-state index contributed by atoms with van der Waals surface area (Å²) in [6, 6.07) is 0. The van der Waals surface area contributed by atoms with Crippen molar-refractivity contribution in [3.8, 4) is 0 Å². The lowest BCUT2D eigenvalue weighted by Crippen LogP contribution is -2.08.